The first kappa shape index (κ1) is 17.6. The van der Waals surface area contributed by atoms with Crippen LogP contribution in [0.3, 0.4) is 0 Å². The molecule has 1 amide bonds. The molecule has 8 heteroatoms. The van der Waals surface area contributed by atoms with E-state index in [1.807, 2.05) is 24.3 Å². The zero-order chi connectivity index (χ0) is 19.7. The summed E-state index contributed by atoms with van der Waals surface area (Å²) in [6.07, 6.45) is 1.38. The maximum atomic E-state index is 13.8. The van der Waals surface area contributed by atoms with E-state index in [0.717, 1.165) is 16.8 Å². The summed E-state index contributed by atoms with van der Waals surface area (Å²) in [4.78, 5) is 19.5. The first-order chi connectivity index (χ1) is 13.5. The third kappa shape index (κ3) is 3.27. The number of amides is 1. The zero-order valence-corrected chi connectivity index (χ0v) is 15.1. The smallest absolute Gasteiger partial charge is 0.252 e. The van der Waals surface area contributed by atoms with E-state index in [2.05, 4.69) is 20.4 Å². The van der Waals surface area contributed by atoms with E-state index >= 15 is 0 Å². The number of aryl methyl sites for hydroxylation is 1. The van der Waals surface area contributed by atoms with Gasteiger partial charge in [0.2, 0.25) is 5.95 Å². The van der Waals surface area contributed by atoms with Crippen LogP contribution in [0.15, 0.2) is 54.9 Å². The van der Waals surface area contributed by atoms with Crippen molar-refractivity contribution < 1.29 is 9.18 Å². The van der Waals surface area contributed by atoms with Crippen LogP contribution in [-0.2, 0) is 6.54 Å². The van der Waals surface area contributed by atoms with Crippen LogP contribution in [0, 0.1) is 12.9 Å². The number of rotatable bonds is 5. The van der Waals surface area contributed by atoms with Gasteiger partial charge in [-0.3, -0.25) is 4.79 Å². The molecule has 0 fully saturated rings. The number of nitrogens with zero attached hydrogens (tertiary/aromatic N) is 4. The molecule has 3 N–H and O–H groups in total. The van der Waals surface area contributed by atoms with Crippen LogP contribution >= 0.6 is 0 Å². The van der Waals surface area contributed by atoms with Crippen LogP contribution in [-0.4, -0.2) is 25.5 Å². The van der Waals surface area contributed by atoms with Crippen LogP contribution in [0.25, 0.3) is 16.9 Å². The highest BCUT2D eigenvalue weighted by atomic mass is 19.1. The Morgan fingerprint density at radius 3 is 2.64 bits per heavy atom. The fourth-order valence-electron chi connectivity index (χ4n) is 2.97. The second-order valence-corrected chi connectivity index (χ2v) is 6.33. The van der Waals surface area contributed by atoms with Gasteiger partial charge in [0.05, 0.1) is 16.9 Å². The second-order valence-electron chi connectivity index (χ2n) is 6.33. The van der Waals surface area contributed by atoms with Crippen molar-refractivity contribution in [1.82, 2.24) is 19.6 Å². The van der Waals surface area contributed by atoms with Crippen molar-refractivity contribution in [2.45, 2.75) is 13.5 Å². The maximum absolute atomic E-state index is 13.8. The molecule has 0 aliphatic heterocycles. The molecule has 0 unspecified atom stereocenters. The molecule has 0 aliphatic rings. The summed E-state index contributed by atoms with van der Waals surface area (Å²) in [6, 6.07) is 14.6. The van der Waals surface area contributed by atoms with Gasteiger partial charge in [-0.1, -0.05) is 24.3 Å². The van der Waals surface area contributed by atoms with E-state index in [9.17, 15) is 9.18 Å². The van der Waals surface area contributed by atoms with Crippen LogP contribution in [0.1, 0.15) is 21.6 Å². The van der Waals surface area contributed by atoms with Gasteiger partial charge in [-0.15, -0.1) is 0 Å². The minimum atomic E-state index is -0.552. The molecule has 28 heavy (non-hydrogen) atoms. The Hall–Kier alpha value is -3.81. The summed E-state index contributed by atoms with van der Waals surface area (Å²) in [7, 11) is 0. The normalized spacial score (nSPS) is 10.9. The number of pyridine rings is 2. The fourth-order valence-corrected chi connectivity index (χ4v) is 2.97. The van der Waals surface area contributed by atoms with Crippen molar-refractivity contribution in [2.24, 2.45) is 5.73 Å². The molecule has 0 aliphatic carbocycles. The lowest BCUT2D eigenvalue weighted by atomic mass is 10.1. The van der Waals surface area contributed by atoms with Gasteiger partial charge >= 0.3 is 0 Å². The number of fused-ring (bicyclic) bond motifs is 1. The van der Waals surface area contributed by atoms with Crippen molar-refractivity contribution in [1.29, 1.82) is 0 Å². The number of primary amides is 1. The number of aromatic nitrogens is 4. The zero-order valence-electron chi connectivity index (χ0n) is 15.1. The van der Waals surface area contributed by atoms with E-state index < -0.39 is 11.9 Å². The van der Waals surface area contributed by atoms with Gasteiger partial charge in [0.1, 0.15) is 6.33 Å². The Kier molecular flexibility index (Phi) is 4.44. The number of nitrogens with two attached hydrogens (primary N) is 1. The largest absolute Gasteiger partial charge is 0.377 e. The van der Waals surface area contributed by atoms with E-state index in [4.69, 9.17) is 5.73 Å². The highest BCUT2D eigenvalue weighted by Gasteiger charge is 2.13. The van der Waals surface area contributed by atoms with Gasteiger partial charge in [0.15, 0.2) is 5.65 Å². The molecule has 7 nitrogen and oxygen atoms in total. The molecule has 140 valence electrons. The van der Waals surface area contributed by atoms with E-state index in [0.29, 0.717) is 29.1 Å². The molecule has 0 spiro atoms. The van der Waals surface area contributed by atoms with Crippen molar-refractivity contribution in [3.8, 4) is 11.3 Å². The van der Waals surface area contributed by atoms with Crippen molar-refractivity contribution in [3.63, 3.8) is 0 Å². The quantitative estimate of drug-likeness (QED) is 0.522. The summed E-state index contributed by atoms with van der Waals surface area (Å²) >= 11 is 0. The van der Waals surface area contributed by atoms with Gasteiger partial charge in [-0.2, -0.15) is 9.49 Å². The Morgan fingerprint density at radius 2 is 1.93 bits per heavy atom. The topological polar surface area (TPSA) is 98.2 Å². The number of hydrogen-bond acceptors (Lipinski definition) is 5. The molecule has 1 aromatic carbocycles. The molecule has 0 bridgehead atoms. The average Bonchev–Trinajstić information content (AvgIpc) is 3.17. The monoisotopic (exact) mass is 376 g/mol. The number of nitrogens with one attached hydrogen (secondary N) is 1. The van der Waals surface area contributed by atoms with Crippen molar-refractivity contribution >= 4 is 17.2 Å². The molecule has 4 rings (SSSR count). The molecule has 0 atom stereocenters. The number of hydrogen-bond donors (Lipinski definition) is 2. The molecule has 3 aromatic heterocycles. The molecule has 0 radical (unpaired) electrons. The fraction of sp³-hybridized carbons (Fsp3) is 0.100. The SMILES string of the molecule is Cc1ccc(NCc2ccc(-c3ccc(C(N)=O)c4ncnn34)cc2)c(F)n1. The first-order valence-corrected chi connectivity index (χ1v) is 8.62. The predicted molar refractivity (Wildman–Crippen MR) is 103 cm³/mol. The lowest BCUT2D eigenvalue weighted by Crippen LogP contribution is -2.13. The summed E-state index contributed by atoms with van der Waals surface area (Å²) < 4.78 is 15.4. The minimum Gasteiger partial charge on any atom is -0.377 e. The van der Waals surface area contributed by atoms with Gasteiger partial charge in [0, 0.05) is 17.8 Å². The number of benzene rings is 1. The third-order valence-electron chi connectivity index (χ3n) is 4.41. The van der Waals surface area contributed by atoms with Gasteiger partial charge in [-0.25, -0.2) is 14.5 Å². The molecule has 4 aromatic rings. The Morgan fingerprint density at radius 1 is 1.14 bits per heavy atom. The molecule has 0 saturated carbocycles. The molecular formula is C20H17FN6O. The van der Waals surface area contributed by atoms with Crippen LogP contribution < -0.4 is 11.1 Å². The van der Waals surface area contributed by atoms with E-state index in [1.165, 1.54) is 6.33 Å². The second kappa shape index (κ2) is 7.07. The summed E-state index contributed by atoms with van der Waals surface area (Å²) in [6.45, 7) is 2.20. The molecule has 0 saturated heterocycles. The highest BCUT2D eigenvalue weighted by Crippen LogP contribution is 2.23. The Labute approximate surface area is 160 Å². The van der Waals surface area contributed by atoms with Gasteiger partial charge in [0.25, 0.3) is 5.91 Å². The van der Waals surface area contributed by atoms with Crippen LogP contribution in [0.4, 0.5) is 10.1 Å². The summed E-state index contributed by atoms with van der Waals surface area (Å²) in [5.41, 5.74) is 9.78. The van der Waals surface area contributed by atoms with E-state index in [-0.39, 0.29) is 0 Å². The number of carbonyl (C=O) groups is 1. The highest BCUT2D eigenvalue weighted by molar-refractivity contribution is 5.99. The molecule has 3 heterocycles. The minimum absolute atomic E-state index is 0.316. The number of carbonyl (C=O) groups excluding carboxylic acids is 1. The standard InChI is InChI=1S/C20H17FN6O/c1-12-2-8-16(18(21)26-12)23-10-13-3-5-14(6-4-13)17-9-7-15(19(22)28)20-24-11-25-27(17)20/h2-9,11,23H,10H2,1H3,(H2,22,28). The number of anilines is 1. The third-order valence-corrected chi connectivity index (χ3v) is 4.41. The lowest BCUT2D eigenvalue weighted by Gasteiger charge is -2.10. The lowest BCUT2D eigenvalue weighted by molar-refractivity contribution is 0.100. The van der Waals surface area contributed by atoms with Gasteiger partial charge in [-0.05, 0) is 36.8 Å². The Balaban J connectivity index is 1.57. The van der Waals surface area contributed by atoms with Crippen LogP contribution in [0.5, 0.6) is 0 Å². The average molecular weight is 376 g/mol. The van der Waals surface area contributed by atoms with E-state index in [1.54, 1.807) is 35.7 Å². The van der Waals surface area contributed by atoms with Gasteiger partial charge < -0.3 is 11.1 Å². The Bertz CT molecular complexity index is 1170. The van der Waals surface area contributed by atoms with Crippen molar-refractivity contribution in [2.75, 3.05) is 5.32 Å². The summed E-state index contributed by atoms with van der Waals surface area (Å²) in [5, 5.41) is 7.23. The van der Waals surface area contributed by atoms with Crippen LogP contribution in [0.2, 0.25) is 0 Å². The summed E-state index contributed by atoms with van der Waals surface area (Å²) in [5.74, 6) is -1.07. The number of halogens is 1. The first-order valence-electron chi connectivity index (χ1n) is 8.62. The predicted octanol–water partition coefficient (Wildman–Crippen LogP) is 2.95. The maximum Gasteiger partial charge on any atom is 0.252 e. The molecular weight excluding hydrogens is 359 g/mol. The van der Waals surface area contributed by atoms with Crippen molar-refractivity contribution in [3.05, 3.63) is 77.6 Å².